The molecule has 3 heteroatoms. The van der Waals surface area contributed by atoms with Gasteiger partial charge in [-0.3, -0.25) is 0 Å². The van der Waals surface area contributed by atoms with Crippen LogP contribution in [0.5, 0.6) is 0 Å². The monoisotopic (exact) mass is 501 g/mol. The summed E-state index contributed by atoms with van der Waals surface area (Å²) in [5.74, 6) is 0. The Bertz CT molecular complexity index is 2250. The van der Waals surface area contributed by atoms with Gasteiger partial charge in [-0.15, -0.1) is 0 Å². The van der Waals surface area contributed by atoms with Gasteiger partial charge in [0.15, 0.2) is 0 Å². The molecule has 0 radical (unpaired) electrons. The highest BCUT2D eigenvalue weighted by Gasteiger charge is 2.15. The average Bonchev–Trinajstić information content (AvgIpc) is 3.66. The van der Waals surface area contributed by atoms with Crippen LogP contribution in [0.25, 0.3) is 84.1 Å². The first-order valence-electron chi connectivity index (χ1n) is 13.1. The van der Waals surface area contributed by atoms with Crippen molar-refractivity contribution in [2.75, 3.05) is 0 Å². The fourth-order valence-electron chi connectivity index (χ4n) is 5.79. The van der Waals surface area contributed by atoms with E-state index in [0.717, 1.165) is 82.7 Å². The molecular weight excluding hydrogens is 478 g/mol. The Morgan fingerprint density at radius 3 is 2.03 bits per heavy atom. The van der Waals surface area contributed by atoms with Gasteiger partial charge in [0, 0.05) is 54.8 Å². The summed E-state index contributed by atoms with van der Waals surface area (Å²) >= 11 is 0. The molecule has 0 unspecified atom stereocenters. The lowest BCUT2D eigenvalue weighted by Crippen LogP contribution is -1.80. The van der Waals surface area contributed by atoms with Crippen molar-refractivity contribution in [1.82, 2.24) is 4.98 Å². The molecule has 5 aromatic carbocycles. The summed E-state index contributed by atoms with van der Waals surface area (Å²) in [5.41, 5.74) is 9.96. The van der Waals surface area contributed by atoms with Crippen LogP contribution in [0.1, 0.15) is 16.8 Å². The summed E-state index contributed by atoms with van der Waals surface area (Å²) in [7, 11) is 0. The smallest absolute Gasteiger partial charge is 0.143 e. The SMILES string of the molecule is C=Cc1[nH]c2ccc(-c3cccc4c3oc3ccccc34)cc2c1/C=C/c1cccc2c1oc1ccccc12. The minimum atomic E-state index is 0.896. The molecule has 0 fully saturated rings. The second kappa shape index (κ2) is 8.37. The third kappa shape index (κ3) is 3.30. The maximum atomic E-state index is 6.33. The van der Waals surface area contributed by atoms with Gasteiger partial charge in [0.25, 0.3) is 0 Å². The third-order valence-corrected chi connectivity index (χ3v) is 7.65. The Kier molecular flexibility index (Phi) is 4.67. The van der Waals surface area contributed by atoms with Crippen molar-refractivity contribution in [3.8, 4) is 11.1 Å². The molecule has 184 valence electrons. The van der Waals surface area contributed by atoms with Gasteiger partial charge < -0.3 is 13.8 Å². The highest BCUT2D eigenvalue weighted by atomic mass is 16.3. The van der Waals surface area contributed by atoms with E-state index in [0.29, 0.717) is 0 Å². The van der Waals surface area contributed by atoms with Crippen LogP contribution in [0.4, 0.5) is 0 Å². The van der Waals surface area contributed by atoms with Gasteiger partial charge in [-0.05, 0) is 35.9 Å². The molecule has 0 bridgehead atoms. The van der Waals surface area contributed by atoms with Crippen molar-refractivity contribution in [1.29, 1.82) is 0 Å². The van der Waals surface area contributed by atoms with Gasteiger partial charge >= 0.3 is 0 Å². The fraction of sp³-hybridized carbons (Fsp3) is 0. The van der Waals surface area contributed by atoms with E-state index in [2.05, 4.69) is 96.5 Å². The number of rotatable bonds is 4. The quantitative estimate of drug-likeness (QED) is 0.261. The number of aromatic nitrogens is 1. The summed E-state index contributed by atoms with van der Waals surface area (Å²) in [6.45, 7) is 4.07. The Hall–Kier alpha value is -5.28. The van der Waals surface area contributed by atoms with Crippen molar-refractivity contribution >= 4 is 73.0 Å². The predicted octanol–water partition coefficient (Wildman–Crippen LogP) is 10.4. The number of benzene rings is 5. The molecule has 0 spiro atoms. The summed E-state index contributed by atoms with van der Waals surface area (Å²) in [6, 6.07) is 35.6. The average molecular weight is 502 g/mol. The first-order valence-corrected chi connectivity index (χ1v) is 13.1. The van der Waals surface area contributed by atoms with Gasteiger partial charge in [-0.25, -0.2) is 0 Å². The van der Waals surface area contributed by atoms with E-state index in [-0.39, 0.29) is 0 Å². The number of para-hydroxylation sites is 4. The van der Waals surface area contributed by atoms with E-state index in [1.165, 1.54) is 0 Å². The highest BCUT2D eigenvalue weighted by Crippen LogP contribution is 2.38. The number of fused-ring (bicyclic) bond motifs is 7. The summed E-state index contributed by atoms with van der Waals surface area (Å²) < 4.78 is 12.6. The van der Waals surface area contributed by atoms with E-state index in [4.69, 9.17) is 8.83 Å². The Morgan fingerprint density at radius 2 is 1.26 bits per heavy atom. The van der Waals surface area contributed by atoms with Crippen LogP contribution in [0.2, 0.25) is 0 Å². The van der Waals surface area contributed by atoms with E-state index in [1.807, 2.05) is 36.4 Å². The Morgan fingerprint density at radius 1 is 0.590 bits per heavy atom. The number of hydrogen-bond acceptors (Lipinski definition) is 2. The van der Waals surface area contributed by atoms with Crippen LogP contribution in [0.3, 0.4) is 0 Å². The number of H-pyrrole nitrogens is 1. The standard InChI is InChI=1S/C36H23NO2/c1-2-31-25(19-17-22-9-7-13-28-26-10-3-5-15-33(26)38-35(22)28)30-21-23(18-20-32(30)37-31)24-12-8-14-29-27-11-4-6-16-34(27)39-36(24)29/h2-21,37H,1H2/b19-17+. The Labute approximate surface area is 224 Å². The van der Waals surface area contributed by atoms with Crippen molar-refractivity contribution in [2.24, 2.45) is 0 Å². The lowest BCUT2D eigenvalue weighted by molar-refractivity contribution is 0.668. The zero-order valence-corrected chi connectivity index (χ0v) is 21.1. The number of aromatic amines is 1. The molecular formula is C36H23NO2. The van der Waals surface area contributed by atoms with Crippen LogP contribution in [-0.2, 0) is 0 Å². The van der Waals surface area contributed by atoms with Gasteiger partial charge in [0.1, 0.15) is 22.3 Å². The largest absolute Gasteiger partial charge is 0.455 e. The molecule has 0 aliphatic heterocycles. The molecule has 3 heterocycles. The van der Waals surface area contributed by atoms with Crippen molar-refractivity contribution in [3.05, 3.63) is 127 Å². The van der Waals surface area contributed by atoms with Crippen molar-refractivity contribution in [3.63, 3.8) is 0 Å². The molecule has 0 aliphatic rings. The van der Waals surface area contributed by atoms with Crippen molar-refractivity contribution < 1.29 is 8.83 Å². The first-order chi connectivity index (χ1) is 19.3. The predicted molar refractivity (Wildman–Crippen MR) is 164 cm³/mol. The van der Waals surface area contributed by atoms with Crippen LogP contribution in [0.15, 0.2) is 119 Å². The number of nitrogens with one attached hydrogen (secondary N) is 1. The van der Waals surface area contributed by atoms with Crippen LogP contribution in [-0.4, -0.2) is 4.98 Å². The molecule has 3 aromatic heterocycles. The second-order valence-electron chi connectivity index (χ2n) is 9.85. The maximum absolute atomic E-state index is 6.33. The van der Waals surface area contributed by atoms with E-state index in [9.17, 15) is 0 Å². The van der Waals surface area contributed by atoms with Gasteiger partial charge in [-0.1, -0.05) is 97.6 Å². The molecule has 0 saturated carbocycles. The normalized spacial score (nSPS) is 12.1. The molecule has 0 saturated heterocycles. The zero-order chi connectivity index (χ0) is 25.9. The van der Waals surface area contributed by atoms with Gasteiger partial charge in [-0.2, -0.15) is 0 Å². The lowest BCUT2D eigenvalue weighted by Gasteiger charge is -2.04. The van der Waals surface area contributed by atoms with E-state index >= 15 is 0 Å². The molecule has 3 nitrogen and oxygen atoms in total. The molecule has 0 aliphatic carbocycles. The Balaban J connectivity index is 1.29. The van der Waals surface area contributed by atoms with Gasteiger partial charge in [0.05, 0.1) is 0 Å². The van der Waals surface area contributed by atoms with Crippen LogP contribution in [0, 0.1) is 0 Å². The van der Waals surface area contributed by atoms with Crippen molar-refractivity contribution in [2.45, 2.75) is 0 Å². The molecule has 0 amide bonds. The molecule has 0 atom stereocenters. The lowest BCUT2D eigenvalue weighted by atomic mass is 9.99. The molecule has 1 N–H and O–H groups in total. The minimum absolute atomic E-state index is 0.896. The summed E-state index contributed by atoms with van der Waals surface area (Å²) in [4.78, 5) is 3.53. The van der Waals surface area contributed by atoms with Crippen LogP contribution >= 0.6 is 0 Å². The topological polar surface area (TPSA) is 42.1 Å². The second-order valence-corrected chi connectivity index (χ2v) is 9.85. The molecule has 8 rings (SSSR count). The van der Waals surface area contributed by atoms with Gasteiger partial charge in [0.2, 0.25) is 0 Å². The summed E-state index contributed by atoms with van der Waals surface area (Å²) in [5, 5.41) is 5.64. The number of hydrogen-bond donors (Lipinski definition) is 1. The first kappa shape index (κ1) is 21.8. The maximum Gasteiger partial charge on any atom is 0.143 e. The minimum Gasteiger partial charge on any atom is -0.455 e. The van der Waals surface area contributed by atoms with E-state index < -0.39 is 0 Å². The van der Waals surface area contributed by atoms with Crippen LogP contribution < -0.4 is 0 Å². The fourth-order valence-corrected chi connectivity index (χ4v) is 5.79. The number of furan rings is 2. The molecule has 39 heavy (non-hydrogen) atoms. The van der Waals surface area contributed by atoms with E-state index in [1.54, 1.807) is 0 Å². The highest BCUT2D eigenvalue weighted by molar-refractivity contribution is 6.11. The third-order valence-electron chi connectivity index (χ3n) is 7.65. The summed E-state index contributed by atoms with van der Waals surface area (Å²) in [6.07, 6.45) is 6.16. The zero-order valence-electron chi connectivity index (χ0n) is 21.1. The molecule has 8 aromatic rings.